The van der Waals surface area contributed by atoms with Crippen molar-refractivity contribution in [2.75, 3.05) is 31.6 Å². The average Bonchev–Trinajstić information content (AvgIpc) is 3.71. The fourth-order valence-corrected chi connectivity index (χ4v) is 3.74. The Morgan fingerprint density at radius 3 is 2.26 bits per heavy atom. The first-order chi connectivity index (χ1) is 18.3. The maximum absolute atomic E-state index is 12.4. The van der Waals surface area contributed by atoms with E-state index in [0.717, 1.165) is 44.8 Å². The van der Waals surface area contributed by atoms with Gasteiger partial charge >= 0.3 is 6.36 Å². The molecule has 2 N–H and O–H groups in total. The van der Waals surface area contributed by atoms with Crippen molar-refractivity contribution in [2.24, 2.45) is 5.41 Å². The van der Waals surface area contributed by atoms with Gasteiger partial charge in [-0.25, -0.2) is 0 Å². The molecular formula is C29H41F3N2O5. The third-order valence-corrected chi connectivity index (χ3v) is 6.07. The minimum atomic E-state index is -4.62. The number of carbonyl (C=O) groups excluding carboxylic acids is 1. The van der Waals surface area contributed by atoms with Gasteiger partial charge in [-0.2, -0.15) is 0 Å². The van der Waals surface area contributed by atoms with Gasteiger partial charge in [0.25, 0.3) is 12.4 Å². The Bertz CT molecular complexity index is 996. The molecule has 1 saturated carbocycles. The highest BCUT2D eigenvalue weighted by Crippen LogP contribution is 2.45. The highest BCUT2D eigenvalue weighted by atomic mass is 19.4. The summed E-state index contributed by atoms with van der Waals surface area (Å²) in [6.45, 7) is 10.5. The van der Waals surface area contributed by atoms with E-state index in [1.54, 1.807) is 6.07 Å². The van der Waals surface area contributed by atoms with E-state index in [1.165, 1.54) is 11.8 Å². The van der Waals surface area contributed by atoms with Crippen LogP contribution in [0.1, 0.15) is 64.0 Å². The van der Waals surface area contributed by atoms with Crippen LogP contribution in [0.3, 0.4) is 0 Å². The van der Waals surface area contributed by atoms with E-state index in [0.29, 0.717) is 25.2 Å². The van der Waals surface area contributed by atoms with Gasteiger partial charge in [0.1, 0.15) is 5.75 Å². The van der Waals surface area contributed by atoms with Crippen LogP contribution < -0.4 is 15.0 Å². The van der Waals surface area contributed by atoms with E-state index >= 15 is 0 Å². The lowest BCUT2D eigenvalue weighted by Crippen LogP contribution is -2.36. The predicted molar refractivity (Wildman–Crippen MR) is 146 cm³/mol. The fourth-order valence-electron chi connectivity index (χ4n) is 3.74. The van der Waals surface area contributed by atoms with Crippen LogP contribution in [0.25, 0.3) is 0 Å². The van der Waals surface area contributed by atoms with Crippen LogP contribution in [0, 0.1) is 5.41 Å². The SMILES string of the molecule is CC(=O)O.CCC(C)(COC=O)CN(C)c1ccccc1.CCNCc1ccc(C2CC2)c(OC(F)(F)F)c1. The van der Waals surface area contributed by atoms with Gasteiger partial charge in [0.05, 0.1) is 6.61 Å². The first kappa shape index (κ1) is 33.8. The highest BCUT2D eigenvalue weighted by Gasteiger charge is 2.35. The average molecular weight is 555 g/mol. The molecule has 1 atom stereocenters. The van der Waals surface area contributed by atoms with Gasteiger partial charge in [-0.1, -0.05) is 51.1 Å². The molecule has 0 aromatic heterocycles. The minimum Gasteiger partial charge on any atom is -0.481 e. The van der Waals surface area contributed by atoms with Crippen molar-refractivity contribution in [3.8, 4) is 5.75 Å². The lowest BCUT2D eigenvalue weighted by Gasteiger charge is -2.33. The Hall–Kier alpha value is -3.27. The van der Waals surface area contributed by atoms with Crippen LogP contribution in [0.5, 0.6) is 5.75 Å². The fraction of sp³-hybridized carbons (Fsp3) is 0.517. The summed E-state index contributed by atoms with van der Waals surface area (Å²) in [5, 5.41) is 10.5. The number of nitrogens with zero attached hydrogens (tertiary/aromatic N) is 1. The van der Waals surface area contributed by atoms with Crippen LogP contribution >= 0.6 is 0 Å². The number of ether oxygens (including phenoxy) is 2. The quantitative estimate of drug-likeness (QED) is 0.295. The second-order valence-electron chi connectivity index (χ2n) is 9.76. The zero-order valence-electron chi connectivity index (χ0n) is 23.4. The van der Waals surface area contributed by atoms with Crippen molar-refractivity contribution in [3.05, 3.63) is 59.7 Å². The number of carboxylic acid groups (broad SMARTS) is 1. The van der Waals surface area contributed by atoms with Gasteiger partial charge in [-0.3, -0.25) is 9.59 Å². The molecule has 2 aromatic carbocycles. The molecule has 1 aliphatic rings. The lowest BCUT2D eigenvalue weighted by atomic mass is 9.88. The molecule has 0 amide bonds. The Morgan fingerprint density at radius 1 is 1.15 bits per heavy atom. The van der Waals surface area contributed by atoms with Gasteiger partial charge in [-0.05, 0) is 61.1 Å². The molecule has 218 valence electrons. The summed E-state index contributed by atoms with van der Waals surface area (Å²) >= 11 is 0. The number of hydrogen-bond donors (Lipinski definition) is 2. The number of benzene rings is 2. The topological polar surface area (TPSA) is 88.1 Å². The molecule has 0 bridgehead atoms. The van der Waals surface area contributed by atoms with Crippen molar-refractivity contribution in [3.63, 3.8) is 0 Å². The summed E-state index contributed by atoms with van der Waals surface area (Å²) in [5.41, 5.74) is 2.65. The smallest absolute Gasteiger partial charge is 0.481 e. The van der Waals surface area contributed by atoms with Gasteiger partial charge in [0, 0.05) is 38.2 Å². The third kappa shape index (κ3) is 14.5. The van der Waals surface area contributed by atoms with E-state index < -0.39 is 12.3 Å². The molecule has 1 fully saturated rings. The number of para-hydroxylation sites is 1. The molecule has 0 radical (unpaired) electrons. The number of anilines is 1. The predicted octanol–water partition coefficient (Wildman–Crippen LogP) is 6.38. The van der Waals surface area contributed by atoms with Crippen molar-refractivity contribution >= 4 is 18.1 Å². The summed E-state index contributed by atoms with van der Waals surface area (Å²) in [5.74, 6) is -0.643. The number of rotatable bonds is 12. The molecule has 1 unspecified atom stereocenters. The largest absolute Gasteiger partial charge is 0.573 e. The van der Waals surface area contributed by atoms with E-state index in [4.69, 9.17) is 14.6 Å². The highest BCUT2D eigenvalue weighted by molar-refractivity contribution is 5.63. The summed E-state index contributed by atoms with van der Waals surface area (Å²) in [7, 11) is 2.06. The second kappa shape index (κ2) is 16.6. The van der Waals surface area contributed by atoms with Crippen molar-refractivity contribution in [2.45, 2.75) is 65.8 Å². The van der Waals surface area contributed by atoms with Gasteiger partial charge in [-0.15, -0.1) is 13.2 Å². The van der Waals surface area contributed by atoms with Gasteiger partial charge in [0.2, 0.25) is 0 Å². The number of carboxylic acids is 1. The molecule has 7 nitrogen and oxygen atoms in total. The van der Waals surface area contributed by atoms with Gasteiger partial charge in [0.15, 0.2) is 0 Å². The zero-order chi connectivity index (χ0) is 29.5. The van der Waals surface area contributed by atoms with Crippen LogP contribution in [0.2, 0.25) is 0 Å². The molecule has 0 heterocycles. The maximum Gasteiger partial charge on any atom is 0.573 e. The zero-order valence-corrected chi connectivity index (χ0v) is 23.4. The standard InChI is InChI=1S/C14H21NO2.C13H16F3NO.C2H4O2/c1-4-14(2,11-17-12-16)10-15(3)13-8-6-5-7-9-13;1-2-17-8-9-3-6-11(10-4-5-10)12(7-9)18-13(14,15)16;1-2(3)4/h5-9,12H,4,10-11H2,1-3H3;3,6-7,10,17H,2,4-5,8H2,1H3;1H3,(H,3,4). The number of nitrogens with one attached hydrogen (secondary N) is 1. The third-order valence-electron chi connectivity index (χ3n) is 6.07. The Labute approximate surface area is 229 Å². The summed E-state index contributed by atoms with van der Waals surface area (Å²) in [6, 6.07) is 15.3. The number of carbonyl (C=O) groups is 2. The number of aliphatic carboxylic acids is 1. The second-order valence-corrected chi connectivity index (χ2v) is 9.76. The van der Waals surface area contributed by atoms with Crippen molar-refractivity contribution in [1.82, 2.24) is 5.32 Å². The van der Waals surface area contributed by atoms with Crippen molar-refractivity contribution < 1.29 is 37.3 Å². The Morgan fingerprint density at radius 2 is 1.77 bits per heavy atom. The molecule has 0 spiro atoms. The molecule has 1 aliphatic carbocycles. The van der Waals surface area contributed by atoms with Gasteiger partial charge < -0.3 is 24.8 Å². The molecule has 10 heteroatoms. The summed E-state index contributed by atoms with van der Waals surface area (Å²) < 4.78 is 46.1. The monoisotopic (exact) mass is 554 g/mol. The molecule has 3 rings (SSSR count). The first-order valence-corrected chi connectivity index (χ1v) is 12.9. The van der Waals surface area contributed by atoms with Crippen LogP contribution in [0.15, 0.2) is 48.5 Å². The number of halogens is 3. The molecule has 0 aliphatic heterocycles. The summed E-state index contributed by atoms with van der Waals surface area (Å²) in [4.78, 5) is 21.5. The van der Waals surface area contributed by atoms with Crippen LogP contribution in [-0.4, -0.2) is 50.7 Å². The lowest BCUT2D eigenvalue weighted by molar-refractivity contribution is -0.274. The first-order valence-electron chi connectivity index (χ1n) is 12.9. The van der Waals surface area contributed by atoms with Crippen LogP contribution in [0.4, 0.5) is 18.9 Å². The van der Waals surface area contributed by atoms with Crippen LogP contribution in [-0.2, 0) is 20.9 Å². The minimum absolute atomic E-state index is 0.00843. The molecule has 0 saturated heterocycles. The Balaban J connectivity index is 0.000000344. The summed E-state index contributed by atoms with van der Waals surface area (Å²) in [6.07, 6.45) is -1.76. The Kier molecular flexibility index (Phi) is 14.4. The molecule has 2 aromatic rings. The van der Waals surface area contributed by atoms with Crippen molar-refractivity contribution in [1.29, 1.82) is 0 Å². The molecular weight excluding hydrogens is 513 g/mol. The van der Waals surface area contributed by atoms with E-state index in [2.05, 4.69) is 48.0 Å². The number of alkyl halides is 3. The maximum atomic E-state index is 12.4. The van der Waals surface area contributed by atoms with E-state index in [9.17, 15) is 18.0 Å². The normalized spacial score (nSPS) is 13.9. The molecule has 39 heavy (non-hydrogen) atoms. The van der Waals surface area contributed by atoms with E-state index in [1.807, 2.05) is 31.2 Å². The van der Waals surface area contributed by atoms with E-state index in [-0.39, 0.29) is 17.1 Å². The number of hydrogen-bond acceptors (Lipinski definition) is 6.